The SMILES string of the molecule is CCn1c2ccccc2c2cc(C(=O)NCCN(Cc3cn(C)c4ccccc34)Cc3cn(C)c4ccccc34)ccc21. The van der Waals surface area contributed by atoms with Gasteiger partial charge in [0.25, 0.3) is 5.91 Å². The molecule has 1 amide bonds. The summed E-state index contributed by atoms with van der Waals surface area (Å²) in [6.45, 7) is 5.93. The maximum Gasteiger partial charge on any atom is 0.251 e. The van der Waals surface area contributed by atoms with E-state index in [2.05, 4.69) is 136 Å². The molecule has 0 aliphatic rings. The number of nitrogens with one attached hydrogen (secondary N) is 1. The minimum atomic E-state index is -0.0366. The molecule has 6 nitrogen and oxygen atoms in total. The van der Waals surface area contributed by atoms with E-state index in [1.54, 1.807) is 0 Å². The molecule has 0 aliphatic carbocycles. The molecular formula is C37H37N5O. The summed E-state index contributed by atoms with van der Waals surface area (Å²) >= 11 is 0. The number of nitrogens with zero attached hydrogens (tertiary/aromatic N) is 4. The van der Waals surface area contributed by atoms with Crippen LogP contribution in [0.25, 0.3) is 43.6 Å². The van der Waals surface area contributed by atoms with Crippen LogP contribution in [-0.2, 0) is 33.7 Å². The summed E-state index contributed by atoms with van der Waals surface area (Å²) in [5.41, 5.74) is 8.11. The van der Waals surface area contributed by atoms with Crippen molar-refractivity contribution >= 4 is 49.5 Å². The van der Waals surface area contributed by atoms with Gasteiger partial charge in [-0.05, 0) is 54.4 Å². The van der Waals surface area contributed by atoms with Crippen molar-refractivity contribution in [3.63, 3.8) is 0 Å². The van der Waals surface area contributed by atoms with E-state index in [1.165, 1.54) is 43.8 Å². The van der Waals surface area contributed by atoms with E-state index in [9.17, 15) is 4.79 Å². The van der Waals surface area contributed by atoms with Crippen molar-refractivity contribution in [2.24, 2.45) is 14.1 Å². The molecule has 0 saturated heterocycles. The molecule has 7 aromatic rings. The summed E-state index contributed by atoms with van der Waals surface area (Å²) in [6.07, 6.45) is 4.47. The highest BCUT2D eigenvalue weighted by atomic mass is 16.1. The van der Waals surface area contributed by atoms with E-state index in [1.807, 2.05) is 12.1 Å². The number of para-hydroxylation sites is 3. The van der Waals surface area contributed by atoms with E-state index < -0.39 is 0 Å². The lowest BCUT2D eigenvalue weighted by molar-refractivity contribution is 0.0947. The first-order valence-corrected chi connectivity index (χ1v) is 15.1. The molecule has 0 atom stereocenters. The Hall–Kier alpha value is -4.81. The van der Waals surface area contributed by atoms with Crippen molar-refractivity contribution in [2.45, 2.75) is 26.6 Å². The van der Waals surface area contributed by atoms with Gasteiger partial charge in [0.05, 0.1) is 0 Å². The van der Waals surface area contributed by atoms with Crippen molar-refractivity contribution in [1.82, 2.24) is 23.9 Å². The van der Waals surface area contributed by atoms with Gasteiger partial charge >= 0.3 is 0 Å². The van der Waals surface area contributed by atoms with Gasteiger partial charge in [-0.1, -0.05) is 54.6 Å². The van der Waals surface area contributed by atoms with Gasteiger partial charge in [0.2, 0.25) is 0 Å². The molecule has 0 aliphatic heterocycles. The lowest BCUT2D eigenvalue weighted by Crippen LogP contribution is -2.34. The fourth-order valence-electron chi connectivity index (χ4n) is 6.76. The van der Waals surface area contributed by atoms with Crippen LogP contribution >= 0.6 is 0 Å². The Bertz CT molecular complexity index is 2030. The van der Waals surface area contributed by atoms with Gasteiger partial charge in [-0.15, -0.1) is 0 Å². The topological polar surface area (TPSA) is 47.1 Å². The van der Waals surface area contributed by atoms with Crippen LogP contribution in [-0.4, -0.2) is 37.6 Å². The summed E-state index contributed by atoms with van der Waals surface area (Å²) in [7, 11) is 4.21. The fraction of sp³-hybridized carbons (Fsp3) is 0.216. The standard InChI is InChI=1S/C37H37N5O/c1-4-42-35-16-10-7-13-31(35)32-21-26(17-18-36(32)42)37(43)38-19-20-41(24-27-22-39(2)33-14-8-5-11-29(27)33)25-28-23-40(3)34-15-9-6-12-30(28)34/h5-18,21-23H,4,19-20,24-25H2,1-3H3,(H,38,43). The third kappa shape index (κ3) is 4.88. The van der Waals surface area contributed by atoms with Gasteiger partial charge < -0.3 is 19.0 Å². The van der Waals surface area contributed by atoms with Crippen LogP contribution in [0.2, 0.25) is 0 Å². The monoisotopic (exact) mass is 567 g/mol. The fourth-order valence-corrected chi connectivity index (χ4v) is 6.76. The van der Waals surface area contributed by atoms with Crippen LogP contribution in [0.1, 0.15) is 28.4 Å². The molecule has 43 heavy (non-hydrogen) atoms. The van der Waals surface area contributed by atoms with Crippen molar-refractivity contribution in [3.05, 3.63) is 120 Å². The number of aryl methyl sites for hydroxylation is 3. The molecule has 0 radical (unpaired) electrons. The van der Waals surface area contributed by atoms with Crippen LogP contribution in [0, 0.1) is 0 Å². The molecule has 0 unspecified atom stereocenters. The second-order valence-corrected chi connectivity index (χ2v) is 11.5. The number of carbonyl (C=O) groups is 1. The lowest BCUT2D eigenvalue weighted by Gasteiger charge is -2.22. The Morgan fingerprint density at radius 2 is 1.21 bits per heavy atom. The molecule has 3 aromatic heterocycles. The van der Waals surface area contributed by atoms with Crippen LogP contribution in [0.4, 0.5) is 0 Å². The Morgan fingerprint density at radius 1 is 0.674 bits per heavy atom. The Kier molecular flexibility index (Phi) is 6.99. The molecule has 6 heteroatoms. The normalized spacial score (nSPS) is 11.9. The summed E-state index contributed by atoms with van der Waals surface area (Å²) in [4.78, 5) is 15.9. The summed E-state index contributed by atoms with van der Waals surface area (Å²) in [6, 6.07) is 31.7. The predicted octanol–water partition coefficient (Wildman–Crippen LogP) is 7.23. The van der Waals surface area contributed by atoms with E-state index in [0.29, 0.717) is 12.1 Å². The number of fused-ring (bicyclic) bond motifs is 5. The van der Waals surface area contributed by atoms with Crippen molar-refractivity contribution in [3.8, 4) is 0 Å². The molecule has 0 bridgehead atoms. The number of rotatable bonds is 9. The molecule has 7 rings (SSSR count). The molecule has 0 spiro atoms. The van der Waals surface area contributed by atoms with Gasteiger partial charge in [0.1, 0.15) is 0 Å². The summed E-state index contributed by atoms with van der Waals surface area (Å²) < 4.78 is 6.72. The second-order valence-electron chi connectivity index (χ2n) is 11.5. The Morgan fingerprint density at radius 3 is 1.81 bits per heavy atom. The minimum absolute atomic E-state index is 0.0366. The Balaban J connectivity index is 1.13. The maximum absolute atomic E-state index is 13.4. The third-order valence-electron chi connectivity index (χ3n) is 8.81. The zero-order valence-corrected chi connectivity index (χ0v) is 25.0. The van der Waals surface area contributed by atoms with Crippen LogP contribution in [0.5, 0.6) is 0 Å². The first kappa shape index (κ1) is 27.0. The minimum Gasteiger partial charge on any atom is -0.351 e. The van der Waals surface area contributed by atoms with Gasteiger partial charge in [0.15, 0.2) is 0 Å². The number of amides is 1. The number of carbonyl (C=O) groups excluding carboxylic acids is 1. The molecule has 4 aromatic carbocycles. The average molecular weight is 568 g/mol. The zero-order chi connectivity index (χ0) is 29.5. The van der Waals surface area contributed by atoms with Gasteiger partial charge in [-0.3, -0.25) is 9.69 Å². The predicted molar refractivity (Wildman–Crippen MR) is 177 cm³/mol. The largest absolute Gasteiger partial charge is 0.351 e. The highest BCUT2D eigenvalue weighted by Crippen LogP contribution is 2.30. The van der Waals surface area contributed by atoms with Crippen LogP contribution in [0.3, 0.4) is 0 Å². The number of hydrogen-bond acceptors (Lipinski definition) is 2. The van der Waals surface area contributed by atoms with E-state index in [-0.39, 0.29) is 5.91 Å². The molecule has 0 fully saturated rings. The lowest BCUT2D eigenvalue weighted by atomic mass is 10.1. The summed E-state index contributed by atoms with van der Waals surface area (Å²) in [5, 5.41) is 8.08. The van der Waals surface area contributed by atoms with E-state index in [0.717, 1.165) is 37.1 Å². The maximum atomic E-state index is 13.4. The van der Waals surface area contributed by atoms with Gasteiger partial charge in [0, 0.05) is 108 Å². The van der Waals surface area contributed by atoms with Crippen molar-refractivity contribution in [2.75, 3.05) is 13.1 Å². The molecule has 3 heterocycles. The third-order valence-corrected chi connectivity index (χ3v) is 8.81. The van der Waals surface area contributed by atoms with Crippen molar-refractivity contribution < 1.29 is 4.79 Å². The highest BCUT2D eigenvalue weighted by molar-refractivity contribution is 6.10. The van der Waals surface area contributed by atoms with E-state index in [4.69, 9.17) is 0 Å². The Labute approximate surface area is 251 Å². The molecule has 1 N–H and O–H groups in total. The first-order chi connectivity index (χ1) is 21.0. The first-order valence-electron chi connectivity index (χ1n) is 15.1. The number of hydrogen-bond donors (Lipinski definition) is 1. The smallest absolute Gasteiger partial charge is 0.251 e. The summed E-state index contributed by atoms with van der Waals surface area (Å²) in [5.74, 6) is -0.0366. The van der Waals surface area contributed by atoms with Crippen LogP contribution in [0.15, 0.2) is 103 Å². The molecule has 0 saturated carbocycles. The molecular weight excluding hydrogens is 530 g/mol. The quantitative estimate of drug-likeness (QED) is 0.200. The number of aromatic nitrogens is 3. The highest BCUT2D eigenvalue weighted by Gasteiger charge is 2.17. The van der Waals surface area contributed by atoms with Crippen LogP contribution < -0.4 is 5.32 Å². The van der Waals surface area contributed by atoms with Crippen molar-refractivity contribution in [1.29, 1.82) is 0 Å². The molecule has 216 valence electrons. The van der Waals surface area contributed by atoms with Gasteiger partial charge in [-0.25, -0.2) is 0 Å². The second kappa shape index (κ2) is 11.1. The number of benzene rings is 4. The van der Waals surface area contributed by atoms with E-state index >= 15 is 0 Å². The average Bonchev–Trinajstić information content (AvgIpc) is 3.65. The zero-order valence-electron chi connectivity index (χ0n) is 25.0. The van der Waals surface area contributed by atoms with Gasteiger partial charge in [-0.2, -0.15) is 0 Å².